The van der Waals surface area contributed by atoms with Crippen molar-refractivity contribution in [1.29, 1.82) is 0 Å². The van der Waals surface area contributed by atoms with Crippen LogP contribution in [0.4, 0.5) is 0 Å². The van der Waals surface area contributed by atoms with E-state index < -0.39 is 11.6 Å². The molecule has 3 aromatic rings. The minimum Gasteiger partial charge on any atom is -0.488 e. The average molecular weight is 338 g/mol. The van der Waals surface area contributed by atoms with Crippen LogP contribution in [0.3, 0.4) is 0 Å². The second-order valence-electron chi connectivity index (χ2n) is 5.55. The van der Waals surface area contributed by atoms with Crippen molar-refractivity contribution >= 4 is 16.9 Å². The molecule has 0 saturated carbocycles. The maximum absolute atomic E-state index is 11.8. The quantitative estimate of drug-likeness (QED) is 0.524. The molecule has 1 heterocycles. The van der Waals surface area contributed by atoms with Crippen LogP contribution in [0, 0.1) is 0 Å². The van der Waals surface area contributed by atoms with Crippen molar-refractivity contribution < 1.29 is 18.7 Å². The Morgan fingerprint density at radius 3 is 2.68 bits per heavy atom. The summed E-state index contributed by atoms with van der Waals surface area (Å²) in [6.07, 6.45) is 0.854. The van der Waals surface area contributed by atoms with Crippen LogP contribution >= 0.6 is 0 Å². The highest BCUT2D eigenvalue weighted by molar-refractivity contribution is 5.92. The smallest absolute Gasteiger partial charge is 0.341 e. The molecule has 5 heteroatoms. The molecule has 0 radical (unpaired) electrons. The van der Waals surface area contributed by atoms with Crippen LogP contribution in [0.15, 0.2) is 57.7 Å². The van der Waals surface area contributed by atoms with Gasteiger partial charge < -0.3 is 13.9 Å². The van der Waals surface area contributed by atoms with Gasteiger partial charge >= 0.3 is 11.6 Å². The minimum absolute atomic E-state index is 0.140. The zero-order chi connectivity index (χ0) is 17.8. The fourth-order valence-corrected chi connectivity index (χ4v) is 2.64. The van der Waals surface area contributed by atoms with Crippen LogP contribution in [-0.4, -0.2) is 13.1 Å². The Morgan fingerprint density at radius 1 is 1.12 bits per heavy atom. The molecule has 3 rings (SSSR count). The Hall–Kier alpha value is -3.08. The van der Waals surface area contributed by atoms with Gasteiger partial charge in [0.2, 0.25) is 0 Å². The highest BCUT2D eigenvalue weighted by atomic mass is 16.5. The van der Waals surface area contributed by atoms with E-state index in [4.69, 9.17) is 13.9 Å². The fraction of sp³-hybridized carbons (Fsp3) is 0.200. The summed E-state index contributed by atoms with van der Waals surface area (Å²) < 4.78 is 15.8. The molecule has 0 N–H and O–H groups in total. The second kappa shape index (κ2) is 7.21. The molecule has 128 valence electrons. The number of methoxy groups -OCH3 is 1. The molecular formula is C20H18O5. The first kappa shape index (κ1) is 16.8. The highest BCUT2D eigenvalue weighted by Gasteiger charge is 2.13. The van der Waals surface area contributed by atoms with Gasteiger partial charge in [-0.05, 0) is 30.2 Å². The molecule has 0 aliphatic carbocycles. The number of hydrogen-bond acceptors (Lipinski definition) is 5. The van der Waals surface area contributed by atoms with Gasteiger partial charge in [0.05, 0.1) is 7.11 Å². The molecule has 0 fully saturated rings. The van der Waals surface area contributed by atoms with Gasteiger partial charge in [-0.2, -0.15) is 0 Å². The third-order valence-electron chi connectivity index (χ3n) is 3.98. The Kier molecular flexibility index (Phi) is 4.84. The summed E-state index contributed by atoms with van der Waals surface area (Å²) in [7, 11) is 1.32. The van der Waals surface area contributed by atoms with E-state index in [-0.39, 0.29) is 6.61 Å². The van der Waals surface area contributed by atoms with Crippen molar-refractivity contribution in [2.24, 2.45) is 0 Å². The first-order chi connectivity index (χ1) is 12.1. The number of fused-ring (bicyclic) bond motifs is 1. The van der Waals surface area contributed by atoms with Crippen LogP contribution < -0.4 is 10.4 Å². The predicted molar refractivity (Wildman–Crippen MR) is 94.0 cm³/mol. The van der Waals surface area contributed by atoms with Crippen LogP contribution in [0.5, 0.6) is 5.75 Å². The lowest BCUT2D eigenvalue weighted by atomic mass is 10.1. The van der Waals surface area contributed by atoms with Gasteiger partial charge in [0.25, 0.3) is 0 Å². The lowest BCUT2D eigenvalue weighted by molar-refractivity contribution is 0.0595. The summed E-state index contributed by atoms with van der Waals surface area (Å²) in [5.74, 6) is -0.0680. The fourth-order valence-electron chi connectivity index (χ4n) is 2.64. The van der Waals surface area contributed by atoms with Crippen molar-refractivity contribution in [1.82, 2.24) is 0 Å². The molecule has 1 aromatic heterocycles. The van der Waals surface area contributed by atoms with Gasteiger partial charge in [-0.15, -0.1) is 0 Å². The Labute approximate surface area is 144 Å². The molecule has 0 aliphatic heterocycles. The normalized spacial score (nSPS) is 10.6. The number of benzene rings is 2. The Balaban J connectivity index is 1.94. The summed E-state index contributed by atoms with van der Waals surface area (Å²) in [5.41, 5.74) is 2.23. The number of aryl methyl sites for hydroxylation is 1. The first-order valence-electron chi connectivity index (χ1n) is 7.98. The van der Waals surface area contributed by atoms with Crippen LogP contribution in [0.1, 0.15) is 28.4 Å². The maximum atomic E-state index is 11.8. The minimum atomic E-state index is -0.472. The van der Waals surface area contributed by atoms with E-state index in [1.807, 2.05) is 25.1 Å². The molecule has 0 spiro atoms. The van der Waals surface area contributed by atoms with Gasteiger partial charge in [-0.1, -0.05) is 31.2 Å². The largest absolute Gasteiger partial charge is 0.488 e. The van der Waals surface area contributed by atoms with Crippen molar-refractivity contribution in [3.8, 4) is 5.75 Å². The summed E-state index contributed by atoms with van der Waals surface area (Å²) in [6.45, 7) is 2.18. The van der Waals surface area contributed by atoms with Crippen LogP contribution in [0.25, 0.3) is 11.0 Å². The number of rotatable bonds is 5. The van der Waals surface area contributed by atoms with Crippen LogP contribution in [0.2, 0.25) is 0 Å². The number of esters is 1. The summed E-state index contributed by atoms with van der Waals surface area (Å²) in [6, 6.07) is 14.0. The summed E-state index contributed by atoms with van der Waals surface area (Å²) in [4.78, 5) is 23.7. The molecule has 2 aromatic carbocycles. The molecule has 0 aliphatic rings. The molecule has 0 saturated heterocycles. The molecule has 5 nitrogen and oxygen atoms in total. The third-order valence-corrected chi connectivity index (χ3v) is 3.98. The molecule has 25 heavy (non-hydrogen) atoms. The van der Waals surface area contributed by atoms with Gasteiger partial charge in [-0.25, -0.2) is 9.59 Å². The zero-order valence-electron chi connectivity index (χ0n) is 14.1. The molecular weight excluding hydrogens is 320 g/mol. The number of ether oxygens (including phenoxy) is 2. The van der Waals surface area contributed by atoms with Gasteiger partial charge in [0.15, 0.2) is 0 Å². The molecule has 0 amide bonds. The number of carbonyl (C=O) groups is 1. The van der Waals surface area contributed by atoms with Crippen LogP contribution in [-0.2, 0) is 17.8 Å². The second-order valence-corrected chi connectivity index (χ2v) is 5.55. The lowest BCUT2D eigenvalue weighted by Crippen LogP contribution is -2.08. The van der Waals surface area contributed by atoms with Crippen molar-refractivity contribution in [3.63, 3.8) is 0 Å². The van der Waals surface area contributed by atoms with Crippen molar-refractivity contribution in [2.75, 3.05) is 7.11 Å². The van der Waals surface area contributed by atoms with E-state index in [0.29, 0.717) is 22.5 Å². The maximum Gasteiger partial charge on any atom is 0.341 e. The van der Waals surface area contributed by atoms with E-state index in [1.54, 1.807) is 24.3 Å². The summed E-state index contributed by atoms with van der Waals surface area (Å²) in [5, 5.41) is 0.812. The van der Waals surface area contributed by atoms with E-state index in [2.05, 4.69) is 0 Å². The number of hydrogen-bond donors (Lipinski definition) is 0. The standard InChI is InChI=1S/C20H18O5/c1-3-13-8-9-15-14(11-19(21)25-18(15)10-13)12-24-17-7-5-4-6-16(17)20(22)23-2/h4-11H,3,12H2,1-2H3. The van der Waals surface area contributed by atoms with Gasteiger partial charge in [-0.3, -0.25) is 0 Å². The third kappa shape index (κ3) is 3.55. The van der Waals surface area contributed by atoms with Crippen molar-refractivity contribution in [3.05, 3.63) is 75.6 Å². The SMILES string of the molecule is CCc1ccc2c(COc3ccccc3C(=O)OC)cc(=O)oc2c1. The van der Waals surface area contributed by atoms with E-state index in [0.717, 1.165) is 17.4 Å². The number of carbonyl (C=O) groups excluding carboxylic acids is 1. The lowest BCUT2D eigenvalue weighted by Gasteiger charge is -2.11. The predicted octanol–water partition coefficient (Wildman–Crippen LogP) is 3.72. The van der Waals surface area contributed by atoms with E-state index >= 15 is 0 Å². The average Bonchev–Trinajstić information content (AvgIpc) is 2.65. The highest BCUT2D eigenvalue weighted by Crippen LogP contribution is 2.23. The Morgan fingerprint density at radius 2 is 1.92 bits per heavy atom. The zero-order valence-corrected chi connectivity index (χ0v) is 14.1. The summed E-state index contributed by atoms with van der Waals surface area (Å²) >= 11 is 0. The van der Waals surface area contributed by atoms with Gasteiger partial charge in [0, 0.05) is 17.0 Å². The number of para-hydroxylation sites is 1. The molecule has 0 atom stereocenters. The topological polar surface area (TPSA) is 65.7 Å². The first-order valence-corrected chi connectivity index (χ1v) is 7.98. The van der Waals surface area contributed by atoms with E-state index in [1.165, 1.54) is 13.2 Å². The van der Waals surface area contributed by atoms with E-state index in [9.17, 15) is 9.59 Å². The monoisotopic (exact) mass is 338 g/mol. The van der Waals surface area contributed by atoms with Gasteiger partial charge in [0.1, 0.15) is 23.5 Å². The Bertz CT molecular complexity index is 971. The molecule has 0 unspecified atom stereocenters. The molecule has 0 bridgehead atoms. The van der Waals surface area contributed by atoms with Crippen molar-refractivity contribution in [2.45, 2.75) is 20.0 Å².